The standard InChI is InChI=1S/C14H17N3O2/c1-10-3-2-4-13(12(10)8-15)17-14(18)7-11-9-16-5-6-19-11/h2-4,11,16H,5-7,9H2,1H3,(H,17,18). The third-order valence-corrected chi connectivity index (χ3v) is 3.08. The number of nitriles is 1. The molecule has 1 heterocycles. The third kappa shape index (κ3) is 3.53. The molecule has 0 radical (unpaired) electrons. The van der Waals surface area contributed by atoms with Gasteiger partial charge < -0.3 is 15.4 Å². The predicted molar refractivity (Wildman–Crippen MR) is 71.8 cm³/mol. The first-order valence-electron chi connectivity index (χ1n) is 6.32. The number of nitrogens with zero attached hydrogens (tertiary/aromatic N) is 1. The van der Waals surface area contributed by atoms with E-state index in [1.807, 2.05) is 19.1 Å². The van der Waals surface area contributed by atoms with Crippen molar-refractivity contribution in [1.29, 1.82) is 5.26 Å². The van der Waals surface area contributed by atoms with Gasteiger partial charge in [-0.2, -0.15) is 5.26 Å². The Morgan fingerprint density at radius 1 is 1.63 bits per heavy atom. The number of morpholine rings is 1. The molecule has 1 atom stereocenters. The smallest absolute Gasteiger partial charge is 0.227 e. The molecule has 0 spiro atoms. The fourth-order valence-electron chi connectivity index (χ4n) is 2.08. The highest BCUT2D eigenvalue weighted by Gasteiger charge is 2.18. The van der Waals surface area contributed by atoms with E-state index in [0.29, 0.717) is 30.8 Å². The molecule has 0 aromatic heterocycles. The second kappa shape index (κ2) is 6.32. The monoisotopic (exact) mass is 259 g/mol. The van der Waals surface area contributed by atoms with Crippen molar-refractivity contribution in [1.82, 2.24) is 5.32 Å². The van der Waals surface area contributed by atoms with Crippen LogP contribution in [0.1, 0.15) is 17.5 Å². The lowest BCUT2D eigenvalue weighted by molar-refractivity contribution is -0.119. The predicted octanol–water partition coefficient (Wildman–Crippen LogP) is 1.18. The second-order valence-electron chi connectivity index (χ2n) is 4.56. The summed E-state index contributed by atoms with van der Waals surface area (Å²) in [6, 6.07) is 7.53. The Hall–Kier alpha value is -1.90. The van der Waals surface area contributed by atoms with Crippen molar-refractivity contribution in [3.63, 3.8) is 0 Å². The molecule has 0 aliphatic carbocycles. The highest BCUT2D eigenvalue weighted by Crippen LogP contribution is 2.18. The summed E-state index contributed by atoms with van der Waals surface area (Å²) < 4.78 is 5.48. The van der Waals surface area contributed by atoms with Crippen LogP contribution in [0.4, 0.5) is 5.69 Å². The number of aryl methyl sites for hydroxylation is 1. The van der Waals surface area contributed by atoms with Crippen LogP contribution in [0.5, 0.6) is 0 Å². The molecule has 1 aliphatic rings. The fraction of sp³-hybridized carbons (Fsp3) is 0.429. The summed E-state index contributed by atoms with van der Waals surface area (Å²) in [5.74, 6) is -0.129. The van der Waals surface area contributed by atoms with Crippen molar-refractivity contribution in [2.75, 3.05) is 25.0 Å². The Balaban J connectivity index is 1.99. The largest absolute Gasteiger partial charge is 0.375 e. The first-order valence-corrected chi connectivity index (χ1v) is 6.32. The van der Waals surface area contributed by atoms with Gasteiger partial charge in [-0.15, -0.1) is 0 Å². The number of carbonyl (C=O) groups is 1. The highest BCUT2D eigenvalue weighted by molar-refractivity contribution is 5.92. The number of carbonyl (C=O) groups excluding carboxylic acids is 1. The van der Waals surface area contributed by atoms with Gasteiger partial charge in [0.15, 0.2) is 0 Å². The lowest BCUT2D eigenvalue weighted by Gasteiger charge is -2.23. The molecule has 1 unspecified atom stereocenters. The first-order chi connectivity index (χ1) is 9.20. The molecule has 1 aliphatic heterocycles. The average Bonchev–Trinajstić information content (AvgIpc) is 2.40. The number of hydrogen-bond donors (Lipinski definition) is 2. The number of nitrogens with one attached hydrogen (secondary N) is 2. The zero-order valence-electron chi connectivity index (χ0n) is 10.9. The normalized spacial score (nSPS) is 18.6. The molecule has 5 heteroatoms. The molecule has 1 amide bonds. The molecule has 0 saturated carbocycles. The molecule has 5 nitrogen and oxygen atoms in total. The minimum absolute atomic E-state index is 0.0934. The van der Waals surface area contributed by atoms with E-state index in [1.54, 1.807) is 6.07 Å². The van der Waals surface area contributed by atoms with Gasteiger partial charge in [0.25, 0.3) is 0 Å². The van der Waals surface area contributed by atoms with Gasteiger partial charge in [-0.05, 0) is 18.6 Å². The summed E-state index contributed by atoms with van der Waals surface area (Å²) in [5.41, 5.74) is 1.94. The van der Waals surface area contributed by atoms with E-state index < -0.39 is 0 Å². The molecular formula is C14H17N3O2. The maximum absolute atomic E-state index is 11.9. The molecule has 1 saturated heterocycles. The molecule has 1 aromatic rings. The van der Waals surface area contributed by atoms with Crippen molar-refractivity contribution >= 4 is 11.6 Å². The van der Waals surface area contributed by atoms with E-state index in [-0.39, 0.29) is 12.0 Å². The summed E-state index contributed by atoms with van der Waals surface area (Å²) >= 11 is 0. The number of ether oxygens (including phenoxy) is 1. The SMILES string of the molecule is Cc1cccc(NC(=O)CC2CNCCO2)c1C#N. The molecule has 1 aromatic carbocycles. The maximum Gasteiger partial charge on any atom is 0.227 e. The van der Waals surface area contributed by atoms with Gasteiger partial charge in [-0.1, -0.05) is 12.1 Å². The molecular weight excluding hydrogens is 242 g/mol. The number of anilines is 1. The molecule has 2 rings (SSSR count). The highest BCUT2D eigenvalue weighted by atomic mass is 16.5. The second-order valence-corrected chi connectivity index (χ2v) is 4.56. The van der Waals surface area contributed by atoms with E-state index in [9.17, 15) is 4.79 Å². The van der Waals surface area contributed by atoms with Gasteiger partial charge >= 0.3 is 0 Å². The lowest BCUT2D eigenvalue weighted by Crippen LogP contribution is -2.40. The van der Waals surface area contributed by atoms with Crippen LogP contribution in [0.2, 0.25) is 0 Å². The molecule has 2 N–H and O–H groups in total. The minimum atomic E-state index is -0.129. The van der Waals surface area contributed by atoms with Crippen LogP contribution in [0.25, 0.3) is 0 Å². The van der Waals surface area contributed by atoms with Gasteiger partial charge in [-0.3, -0.25) is 4.79 Å². The van der Waals surface area contributed by atoms with Crippen LogP contribution in [0.15, 0.2) is 18.2 Å². The molecule has 100 valence electrons. The van der Waals surface area contributed by atoms with Gasteiger partial charge in [-0.25, -0.2) is 0 Å². The Bertz CT molecular complexity index is 502. The van der Waals surface area contributed by atoms with Crippen LogP contribution in [-0.2, 0) is 9.53 Å². The minimum Gasteiger partial charge on any atom is -0.375 e. The van der Waals surface area contributed by atoms with E-state index in [2.05, 4.69) is 16.7 Å². The average molecular weight is 259 g/mol. The summed E-state index contributed by atoms with van der Waals surface area (Å²) in [6.07, 6.45) is 0.204. The van der Waals surface area contributed by atoms with Crippen LogP contribution >= 0.6 is 0 Å². The Labute approximate surface area is 112 Å². The maximum atomic E-state index is 11.9. The Kier molecular flexibility index (Phi) is 4.50. The van der Waals surface area contributed by atoms with Crippen molar-refractivity contribution in [3.8, 4) is 6.07 Å². The zero-order chi connectivity index (χ0) is 13.7. The number of rotatable bonds is 3. The van der Waals surface area contributed by atoms with E-state index >= 15 is 0 Å². The molecule has 1 fully saturated rings. The molecule has 19 heavy (non-hydrogen) atoms. The summed E-state index contributed by atoms with van der Waals surface area (Å²) in [5, 5.41) is 15.1. The van der Waals surface area contributed by atoms with Crippen molar-refractivity contribution < 1.29 is 9.53 Å². The third-order valence-electron chi connectivity index (χ3n) is 3.08. The number of amides is 1. The van der Waals surface area contributed by atoms with Crippen LogP contribution < -0.4 is 10.6 Å². The van der Waals surface area contributed by atoms with Crippen molar-refractivity contribution in [2.45, 2.75) is 19.4 Å². The summed E-state index contributed by atoms with van der Waals surface area (Å²) in [4.78, 5) is 11.9. The number of benzene rings is 1. The van der Waals surface area contributed by atoms with Gasteiger partial charge in [0, 0.05) is 13.1 Å². The summed E-state index contributed by atoms with van der Waals surface area (Å²) in [6.45, 7) is 4.00. The lowest BCUT2D eigenvalue weighted by atomic mass is 10.1. The zero-order valence-corrected chi connectivity index (χ0v) is 10.9. The topological polar surface area (TPSA) is 74.2 Å². The van der Waals surface area contributed by atoms with Gasteiger partial charge in [0.1, 0.15) is 6.07 Å². The fourth-order valence-corrected chi connectivity index (χ4v) is 2.08. The van der Waals surface area contributed by atoms with E-state index in [0.717, 1.165) is 12.1 Å². The van der Waals surface area contributed by atoms with E-state index in [1.165, 1.54) is 0 Å². The quantitative estimate of drug-likeness (QED) is 0.855. The van der Waals surface area contributed by atoms with Crippen molar-refractivity contribution in [2.24, 2.45) is 0 Å². The first kappa shape index (κ1) is 13.5. The Morgan fingerprint density at radius 3 is 3.16 bits per heavy atom. The van der Waals surface area contributed by atoms with Crippen LogP contribution in [0.3, 0.4) is 0 Å². The Morgan fingerprint density at radius 2 is 2.47 bits per heavy atom. The molecule has 0 bridgehead atoms. The number of hydrogen-bond acceptors (Lipinski definition) is 4. The van der Waals surface area contributed by atoms with Gasteiger partial charge in [0.2, 0.25) is 5.91 Å². The van der Waals surface area contributed by atoms with Crippen LogP contribution in [0, 0.1) is 18.3 Å². The van der Waals surface area contributed by atoms with Gasteiger partial charge in [0.05, 0.1) is 30.4 Å². The summed E-state index contributed by atoms with van der Waals surface area (Å²) in [7, 11) is 0. The van der Waals surface area contributed by atoms with Crippen molar-refractivity contribution in [3.05, 3.63) is 29.3 Å². The van der Waals surface area contributed by atoms with E-state index in [4.69, 9.17) is 10.00 Å². The van der Waals surface area contributed by atoms with Crippen LogP contribution in [-0.4, -0.2) is 31.7 Å².